The van der Waals surface area contributed by atoms with Gasteiger partial charge in [-0.3, -0.25) is 4.90 Å². The molecule has 1 aliphatic rings. The van der Waals surface area contributed by atoms with E-state index < -0.39 is 11.7 Å². The molecule has 0 saturated carbocycles. The fourth-order valence-corrected chi connectivity index (χ4v) is 4.26. The zero-order chi connectivity index (χ0) is 25.7. The molecule has 36 heavy (non-hydrogen) atoms. The SMILES string of the molecule is CC(NC(=O)N1CCN(Cc2ccc(C(F)(F)F)cc2)CC1)c1ccc(-c2cccc(C#N)c2)cc1. The summed E-state index contributed by atoms with van der Waals surface area (Å²) < 4.78 is 38.2. The average Bonchev–Trinajstić information content (AvgIpc) is 2.89. The van der Waals surface area contributed by atoms with Gasteiger partial charge in [-0.2, -0.15) is 18.4 Å². The van der Waals surface area contributed by atoms with Gasteiger partial charge in [-0.1, -0.05) is 48.5 Å². The number of benzene rings is 3. The topological polar surface area (TPSA) is 59.4 Å². The third kappa shape index (κ3) is 6.23. The lowest BCUT2D eigenvalue weighted by Crippen LogP contribution is -2.51. The van der Waals surface area contributed by atoms with E-state index in [1.54, 1.807) is 11.0 Å². The minimum absolute atomic E-state index is 0.137. The van der Waals surface area contributed by atoms with Gasteiger partial charge in [-0.15, -0.1) is 0 Å². The maximum atomic E-state index is 12.8. The molecule has 0 spiro atoms. The lowest BCUT2D eigenvalue weighted by atomic mass is 10.00. The van der Waals surface area contributed by atoms with Crippen LogP contribution in [-0.4, -0.2) is 42.0 Å². The van der Waals surface area contributed by atoms with E-state index in [1.807, 2.05) is 49.4 Å². The maximum Gasteiger partial charge on any atom is 0.416 e. The molecule has 3 aromatic carbocycles. The molecule has 0 aliphatic carbocycles. The molecule has 3 aromatic rings. The summed E-state index contributed by atoms with van der Waals surface area (Å²) in [5, 5.41) is 12.1. The van der Waals surface area contributed by atoms with Gasteiger partial charge in [0.05, 0.1) is 23.2 Å². The minimum atomic E-state index is -4.33. The number of nitrogens with one attached hydrogen (secondary N) is 1. The number of hydrogen-bond acceptors (Lipinski definition) is 3. The maximum absolute atomic E-state index is 12.8. The van der Waals surface area contributed by atoms with Gasteiger partial charge in [0.25, 0.3) is 0 Å². The predicted molar refractivity (Wildman–Crippen MR) is 132 cm³/mol. The molecule has 5 nitrogen and oxygen atoms in total. The van der Waals surface area contributed by atoms with E-state index in [1.165, 1.54) is 12.1 Å². The molecule has 2 amide bonds. The van der Waals surface area contributed by atoms with Crippen LogP contribution in [0.5, 0.6) is 0 Å². The van der Waals surface area contributed by atoms with E-state index in [-0.39, 0.29) is 12.1 Å². The highest BCUT2D eigenvalue weighted by atomic mass is 19.4. The van der Waals surface area contributed by atoms with Crippen LogP contribution in [0, 0.1) is 11.3 Å². The second-order valence-electron chi connectivity index (χ2n) is 8.94. The predicted octanol–water partition coefficient (Wildman–Crippen LogP) is 5.83. The van der Waals surface area contributed by atoms with Gasteiger partial charge in [0.1, 0.15) is 0 Å². The summed E-state index contributed by atoms with van der Waals surface area (Å²) in [6.45, 7) is 4.89. The summed E-state index contributed by atoms with van der Waals surface area (Å²) in [6, 6.07) is 22.4. The molecule has 4 rings (SSSR count). The van der Waals surface area contributed by atoms with E-state index in [4.69, 9.17) is 5.26 Å². The Morgan fingerprint density at radius 3 is 2.25 bits per heavy atom. The van der Waals surface area contributed by atoms with Crippen LogP contribution in [0.3, 0.4) is 0 Å². The molecule has 1 saturated heterocycles. The third-order valence-electron chi connectivity index (χ3n) is 6.42. The fourth-order valence-electron chi connectivity index (χ4n) is 4.26. The second-order valence-corrected chi connectivity index (χ2v) is 8.94. The first-order chi connectivity index (χ1) is 17.2. The highest BCUT2D eigenvalue weighted by Gasteiger charge is 2.30. The number of carbonyl (C=O) groups is 1. The van der Waals surface area contributed by atoms with Crippen LogP contribution in [0.25, 0.3) is 11.1 Å². The third-order valence-corrected chi connectivity index (χ3v) is 6.42. The number of halogens is 3. The van der Waals surface area contributed by atoms with Crippen LogP contribution >= 0.6 is 0 Å². The van der Waals surface area contributed by atoms with Gasteiger partial charge in [-0.25, -0.2) is 4.79 Å². The first-order valence-corrected chi connectivity index (χ1v) is 11.8. The van der Waals surface area contributed by atoms with Gasteiger partial charge in [0.15, 0.2) is 0 Å². The molecule has 0 radical (unpaired) electrons. The van der Waals surface area contributed by atoms with E-state index in [0.717, 1.165) is 34.4 Å². The smallest absolute Gasteiger partial charge is 0.331 e. The summed E-state index contributed by atoms with van der Waals surface area (Å²) >= 11 is 0. The Balaban J connectivity index is 1.27. The number of carbonyl (C=O) groups excluding carboxylic acids is 1. The zero-order valence-electron chi connectivity index (χ0n) is 19.9. The van der Waals surface area contributed by atoms with Crippen molar-refractivity contribution in [1.82, 2.24) is 15.1 Å². The Labute approximate surface area is 208 Å². The van der Waals surface area contributed by atoms with Crippen LogP contribution < -0.4 is 5.32 Å². The van der Waals surface area contributed by atoms with Gasteiger partial charge in [0, 0.05) is 32.7 Å². The fraction of sp³-hybridized carbons (Fsp3) is 0.286. The Morgan fingerprint density at radius 2 is 1.64 bits per heavy atom. The van der Waals surface area contributed by atoms with Crippen LogP contribution in [0.4, 0.5) is 18.0 Å². The number of urea groups is 1. The summed E-state index contributed by atoms with van der Waals surface area (Å²) in [4.78, 5) is 16.7. The van der Waals surface area contributed by atoms with Crippen molar-refractivity contribution in [2.45, 2.75) is 25.7 Å². The normalized spacial score (nSPS) is 15.2. The van der Waals surface area contributed by atoms with Gasteiger partial charge in [-0.05, 0) is 53.4 Å². The largest absolute Gasteiger partial charge is 0.416 e. The number of hydrogen-bond donors (Lipinski definition) is 1. The number of rotatable bonds is 5. The van der Waals surface area contributed by atoms with Crippen molar-refractivity contribution in [3.8, 4) is 17.2 Å². The molecule has 1 heterocycles. The molecule has 0 aromatic heterocycles. The van der Waals surface area contributed by atoms with Gasteiger partial charge in [0.2, 0.25) is 0 Å². The van der Waals surface area contributed by atoms with Crippen molar-refractivity contribution in [2.24, 2.45) is 0 Å². The van der Waals surface area contributed by atoms with E-state index in [2.05, 4.69) is 16.3 Å². The molecule has 1 atom stereocenters. The van der Waals surface area contributed by atoms with Crippen LogP contribution in [0.1, 0.15) is 35.2 Å². The standard InChI is InChI=1S/C28H27F3N4O/c1-20(23-7-9-24(10-8-23)25-4-2-3-22(17-25)18-32)33-27(36)35-15-13-34(14-16-35)19-21-5-11-26(12-6-21)28(29,30)31/h2-12,17,20H,13-16,19H2,1H3,(H,33,36). The van der Waals surface area contributed by atoms with E-state index in [0.29, 0.717) is 38.3 Å². The first-order valence-electron chi connectivity index (χ1n) is 11.8. The molecule has 1 fully saturated rings. The number of nitriles is 1. The van der Waals surface area contributed by atoms with Crippen molar-refractivity contribution < 1.29 is 18.0 Å². The molecule has 0 bridgehead atoms. The second kappa shape index (κ2) is 10.8. The molecular weight excluding hydrogens is 465 g/mol. The lowest BCUT2D eigenvalue weighted by molar-refractivity contribution is -0.137. The van der Waals surface area contributed by atoms with Crippen LogP contribution in [0.15, 0.2) is 72.8 Å². The number of amides is 2. The van der Waals surface area contributed by atoms with Crippen molar-refractivity contribution in [3.05, 3.63) is 95.1 Å². The van der Waals surface area contributed by atoms with Gasteiger partial charge >= 0.3 is 12.2 Å². The number of nitrogens with zero attached hydrogens (tertiary/aromatic N) is 3. The summed E-state index contributed by atoms with van der Waals surface area (Å²) in [5.41, 5.74) is 3.72. The van der Waals surface area contributed by atoms with Crippen molar-refractivity contribution in [2.75, 3.05) is 26.2 Å². The molecular formula is C28H27F3N4O. The Hall–Kier alpha value is -3.83. The molecule has 1 N–H and O–H groups in total. The van der Waals surface area contributed by atoms with Crippen LogP contribution in [0.2, 0.25) is 0 Å². The average molecular weight is 493 g/mol. The zero-order valence-corrected chi connectivity index (χ0v) is 19.9. The van der Waals surface area contributed by atoms with Crippen molar-refractivity contribution in [3.63, 3.8) is 0 Å². The summed E-state index contributed by atoms with van der Waals surface area (Å²) in [7, 11) is 0. The van der Waals surface area contributed by atoms with Gasteiger partial charge < -0.3 is 10.2 Å². The summed E-state index contributed by atoms with van der Waals surface area (Å²) in [6.07, 6.45) is -4.33. The Bertz CT molecular complexity index is 1230. The molecule has 1 unspecified atom stereocenters. The quantitative estimate of drug-likeness (QED) is 0.487. The van der Waals surface area contributed by atoms with Crippen molar-refractivity contribution in [1.29, 1.82) is 5.26 Å². The monoisotopic (exact) mass is 492 g/mol. The van der Waals surface area contributed by atoms with E-state index >= 15 is 0 Å². The lowest BCUT2D eigenvalue weighted by Gasteiger charge is -2.35. The molecule has 186 valence electrons. The van der Waals surface area contributed by atoms with Crippen molar-refractivity contribution >= 4 is 6.03 Å². The highest BCUT2D eigenvalue weighted by molar-refractivity contribution is 5.75. The van der Waals surface area contributed by atoms with Crippen LogP contribution in [-0.2, 0) is 12.7 Å². The summed E-state index contributed by atoms with van der Waals surface area (Å²) in [5.74, 6) is 0. The molecule has 8 heteroatoms. The first kappa shape index (κ1) is 25.3. The molecule has 1 aliphatic heterocycles. The number of alkyl halides is 3. The number of piperazine rings is 1. The minimum Gasteiger partial charge on any atom is -0.331 e. The Kier molecular flexibility index (Phi) is 7.61. The highest BCUT2D eigenvalue weighted by Crippen LogP contribution is 2.29. The Morgan fingerprint density at radius 1 is 0.972 bits per heavy atom. The van der Waals surface area contributed by atoms with E-state index in [9.17, 15) is 18.0 Å².